The topological polar surface area (TPSA) is 24.4 Å². The van der Waals surface area contributed by atoms with Crippen molar-refractivity contribution in [3.63, 3.8) is 0 Å². The van der Waals surface area contributed by atoms with Crippen LogP contribution in [0.3, 0.4) is 0 Å². The molecule has 4 heteroatoms. The lowest BCUT2D eigenvalue weighted by atomic mass is 10.3. The van der Waals surface area contributed by atoms with Gasteiger partial charge in [0.2, 0.25) is 0 Å². The van der Waals surface area contributed by atoms with E-state index in [-0.39, 0.29) is 0 Å². The predicted octanol–water partition coefficient (Wildman–Crippen LogP) is 2.21. The molecule has 1 aliphatic heterocycles. The van der Waals surface area contributed by atoms with E-state index < -0.39 is 0 Å². The zero-order valence-electron chi connectivity index (χ0n) is 8.38. The Labute approximate surface area is 89.3 Å². The molecule has 13 heavy (non-hydrogen) atoms. The zero-order valence-corrected chi connectivity index (χ0v) is 10.0. The van der Waals surface area contributed by atoms with E-state index in [1.54, 1.807) is 0 Å². The first-order valence-corrected chi connectivity index (χ1v) is 7.08. The van der Waals surface area contributed by atoms with Gasteiger partial charge in [-0.25, -0.2) is 0 Å². The van der Waals surface area contributed by atoms with Gasteiger partial charge in [0.15, 0.2) is 5.17 Å². The Balaban J connectivity index is 2.03. The van der Waals surface area contributed by atoms with E-state index in [2.05, 4.69) is 23.5 Å². The van der Waals surface area contributed by atoms with Gasteiger partial charge in [0.25, 0.3) is 0 Å². The van der Waals surface area contributed by atoms with Crippen LogP contribution in [-0.2, 0) is 0 Å². The SMILES string of the molecule is CCC1CN=C(NCCCSC)S1. The first-order valence-electron chi connectivity index (χ1n) is 4.80. The number of rotatable bonds is 5. The molecule has 1 N–H and O–H groups in total. The van der Waals surface area contributed by atoms with Gasteiger partial charge >= 0.3 is 0 Å². The van der Waals surface area contributed by atoms with Crippen LogP contribution in [0.4, 0.5) is 0 Å². The number of aliphatic imine (C=N–C) groups is 1. The molecule has 0 radical (unpaired) electrons. The molecule has 1 atom stereocenters. The van der Waals surface area contributed by atoms with E-state index in [9.17, 15) is 0 Å². The number of hydrogen-bond acceptors (Lipinski definition) is 4. The molecule has 1 rings (SSSR count). The third kappa shape index (κ3) is 4.27. The molecule has 1 heterocycles. The largest absolute Gasteiger partial charge is 0.365 e. The fourth-order valence-electron chi connectivity index (χ4n) is 1.14. The Morgan fingerprint density at radius 2 is 2.54 bits per heavy atom. The molecular formula is C9H18N2S2. The molecule has 0 saturated carbocycles. The van der Waals surface area contributed by atoms with Crippen LogP contribution < -0.4 is 5.32 Å². The highest BCUT2D eigenvalue weighted by Gasteiger charge is 2.16. The average molecular weight is 218 g/mol. The maximum Gasteiger partial charge on any atom is 0.156 e. The van der Waals surface area contributed by atoms with Crippen molar-refractivity contribution in [2.75, 3.05) is 25.1 Å². The van der Waals surface area contributed by atoms with Gasteiger partial charge in [-0.1, -0.05) is 18.7 Å². The van der Waals surface area contributed by atoms with Crippen LogP contribution in [0.15, 0.2) is 4.99 Å². The molecule has 0 fully saturated rings. The van der Waals surface area contributed by atoms with Gasteiger partial charge in [-0.15, -0.1) is 0 Å². The Morgan fingerprint density at radius 3 is 3.15 bits per heavy atom. The van der Waals surface area contributed by atoms with E-state index in [4.69, 9.17) is 0 Å². The summed E-state index contributed by atoms with van der Waals surface area (Å²) in [5.41, 5.74) is 0. The summed E-state index contributed by atoms with van der Waals surface area (Å²) >= 11 is 3.80. The summed E-state index contributed by atoms with van der Waals surface area (Å²) in [4.78, 5) is 4.45. The van der Waals surface area contributed by atoms with Gasteiger partial charge in [-0.3, -0.25) is 4.99 Å². The Bertz CT molecular complexity index is 171. The Morgan fingerprint density at radius 1 is 1.69 bits per heavy atom. The summed E-state index contributed by atoms with van der Waals surface area (Å²) in [5, 5.41) is 5.27. The van der Waals surface area contributed by atoms with Crippen LogP contribution >= 0.6 is 23.5 Å². The van der Waals surface area contributed by atoms with Gasteiger partial charge in [-0.05, 0) is 24.9 Å². The minimum atomic E-state index is 0.725. The van der Waals surface area contributed by atoms with E-state index in [0.717, 1.165) is 23.5 Å². The summed E-state index contributed by atoms with van der Waals surface area (Å²) in [6.07, 6.45) is 4.61. The maximum absolute atomic E-state index is 4.45. The minimum Gasteiger partial charge on any atom is -0.365 e. The second kappa shape index (κ2) is 6.60. The van der Waals surface area contributed by atoms with Crippen molar-refractivity contribution in [2.24, 2.45) is 4.99 Å². The van der Waals surface area contributed by atoms with E-state index >= 15 is 0 Å². The number of thioether (sulfide) groups is 2. The number of nitrogens with one attached hydrogen (secondary N) is 1. The van der Waals surface area contributed by atoms with Gasteiger partial charge < -0.3 is 5.32 Å². The molecule has 0 saturated heterocycles. The van der Waals surface area contributed by atoms with Gasteiger partial charge in [0, 0.05) is 11.8 Å². The molecule has 2 nitrogen and oxygen atoms in total. The zero-order chi connectivity index (χ0) is 9.52. The molecule has 0 aromatic carbocycles. The highest BCUT2D eigenvalue weighted by Crippen LogP contribution is 2.21. The van der Waals surface area contributed by atoms with Crippen molar-refractivity contribution >= 4 is 28.7 Å². The van der Waals surface area contributed by atoms with Crippen molar-refractivity contribution in [3.05, 3.63) is 0 Å². The lowest BCUT2D eigenvalue weighted by Crippen LogP contribution is -2.21. The van der Waals surface area contributed by atoms with E-state index in [0.29, 0.717) is 0 Å². The lowest BCUT2D eigenvalue weighted by Gasteiger charge is -2.05. The monoisotopic (exact) mass is 218 g/mol. The van der Waals surface area contributed by atoms with Gasteiger partial charge in [0.1, 0.15) is 0 Å². The third-order valence-electron chi connectivity index (χ3n) is 1.97. The fraction of sp³-hybridized carbons (Fsp3) is 0.889. The molecule has 0 aliphatic carbocycles. The highest BCUT2D eigenvalue weighted by molar-refractivity contribution is 8.14. The van der Waals surface area contributed by atoms with Crippen LogP contribution in [0.2, 0.25) is 0 Å². The Kier molecular flexibility index (Phi) is 5.71. The summed E-state index contributed by atoms with van der Waals surface area (Å²) < 4.78 is 0. The van der Waals surface area contributed by atoms with Crippen LogP contribution in [0.5, 0.6) is 0 Å². The lowest BCUT2D eigenvalue weighted by molar-refractivity contribution is 0.832. The molecule has 1 aliphatic rings. The number of nitrogens with zero attached hydrogens (tertiary/aromatic N) is 1. The minimum absolute atomic E-state index is 0.725. The third-order valence-corrected chi connectivity index (χ3v) is 3.98. The van der Waals surface area contributed by atoms with E-state index in [1.165, 1.54) is 18.6 Å². The predicted molar refractivity (Wildman–Crippen MR) is 65.0 cm³/mol. The maximum atomic E-state index is 4.45. The number of amidine groups is 1. The molecule has 0 amide bonds. The first-order chi connectivity index (χ1) is 6.36. The summed E-state index contributed by atoms with van der Waals surface area (Å²) in [6, 6.07) is 0. The summed E-state index contributed by atoms with van der Waals surface area (Å²) in [6.45, 7) is 4.30. The fourth-order valence-corrected chi connectivity index (χ4v) is 2.54. The molecule has 0 bridgehead atoms. The van der Waals surface area contributed by atoms with Crippen LogP contribution in [0.1, 0.15) is 19.8 Å². The molecule has 0 aromatic heterocycles. The van der Waals surface area contributed by atoms with Crippen LogP contribution in [0.25, 0.3) is 0 Å². The second-order valence-corrected chi connectivity index (χ2v) is 5.34. The van der Waals surface area contributed by atoms with Crippen molar-refractivity contribution in [1.82, 2.24) is 5.32 Å². The molecule has 0 spiro atoms. The molecule has 76 valence electrons. The van der Waals surface area contributed by atoms with Crippen molar-refractivity contribution in [2.45, 2.75) is 25.0 Å². The van der Waals surface area contributed by atoms with Gasteiger partial charge in [0.05, 0.1) is 6.54 Å². The summed E-state index contributed by atoms with van der Waals surface area (Å²) in [5.74, 6) is 1.24. The van der Waals surface area contributed by atoms with Crippen LogP contribution in [-0.4, -0.2) is 35.5 Å². The van der Waals surface area contributed by atoms with Crippen molar-refractivity contribution < 1.29 is 0 Å². The molecule has 0 aromatic rings. The quantitative estimate of drug-likeness (QED) is 0.716. The van der Waals surface area contributed by atoms with Crippen molar-refractivity contribution in [1.29, 1.82) is 0 Å². The highest BCUT2D eigenvalue weighted by atomic mass is 32.2. The smallest absolute Gasteiger partial charge is 0.156 e. The molecule has 1 unspecified atom stereocenters. The molecular weight excluding hydrogens is 200 g/mol. The summed E-state index contributed by atoms with van der Waals surface area (Å²) in [7, 11) is 0. The number of hydrogen-bond donors (Lipinski definition) is 1. The Hall–Kier alpha value is 0.170. The van der Waals surface area contributed by atoms with Gasteiger partial charge in [-0.2, -0.15) is 11.8 Å². The first kappa shape index (κ1) is 11.2. The normalized spacial score (nSPS) is 21.7. The van der Waals surface area contributed by atoms with Crippen molar-refractivity contribution in [3.8, 4) is 0 Å². The standard InChI is InChI=1S/C9H18N2S2/c1-3-8-7-11-9(13-8)10-5-4-6-12-2/h8H,3-7H2,1-2H3,(H,10,11). The average Bonchev–Trinajstić information content (AvgIpc) is 2.60. The van der Waals surface area contributed by atoms with Crippen LogP contribution in [0, 0.1) is 0 Å². The second-order valence-electron chi connectivity index (χ2n) is 3.07. The van der Waals surface area contributed by atoms with E-state index in [1.807, 2.05) is 23.5 Å².